The summed E-state index contributed by atoms with van der Waals surface area (Å²) < 4.78 is 34.8. The minimum absolute atomic E-state index is 0.0284. The third kappa shape index (κ3) is 75.2. The Hall–Kier alpha value is -3.85. The van der Waals surface area contributed by atoms with Gasteiger partial charge >= 0.3 is 19.8 Å². The van der Waals surface area contributed by atoms with Gasteiger partial charge in [0.15, 0.2) is 6.10 Å². The third-order valence-electron chi connectivity index (χ3n) is 16.2. The highest BCUT2D eigenvalue weighted by molar-refractivity contribution is 7.47. The van der Waals surface area contributed by atoms with E-state index in [2.05, 4.69) is 148 Å². The SMILES string of the molecule is CC/C=C\C/C=C\C/C=C\C/C=C\C/C=C\C/C=C\CCCCCCCCCCCCCCCCCCCCCCC(=O)OC(COC(=O)CCCCCCCCCCCCCCC/C=C\C/C=C\C/C=C\C/C=C\C/C=C\CC)COP(=O)(O)OCC[N+](C)(C)C. The first-order valence-corrected chi connectivity index (χ1v) is 39.4. The number of unbranched alkanes of at least 4 members (excludes halogenated alkanes) is 33. The first-order valence-electron chi connectivity index (χ1n) is 37.9. The van der Waals surface area contributed by atoms with Gasteiger partial charge in [-0.3, -0.25) is 18.6 Å². The van der Waals surface area contributed by atoms with Gasteiger partial charge in [0, 0.05) is 12.8 Å². The van der Waals surface area contributed by atoms with Crippen LogP contribution in [-0.2, 0) is 32.7 Å². The van der Waals surface area contributed by atoms with Crippen LogP contribution in [-0.4, -0.2) is 74.9 Å². The number of likely N-dealkylation sites (N-methyl/N-ethyl adjacent to an activating group) is 1. The van der Waals surface area contributed by atoms with Gasteiger partial charge in [0.2, 0.25) is 0 Å². The van der Waals surface area contributed by atoms with Gasteiger partial charge in [-0.2, -0.15) is 0 Å². The summed E-state index contributed by atoms with van der Waals surface area (Å²) in [5.74, 6) is -0.791. The van der Waals surface area contributed by atoms with Crippen LogP contribution in [0.4, 0.5) is 0 Å². The highest BCUT2D eigenvalue weighted by atomic mass is 31.2. The molecule has 2 unspecified atom stereocenters. The van der Waals surface area contributed by atoms with E-state index in [0.717, 1.165) is 103 Å². The Morgan fingerprint density at radius 3 is 0.870 bits per heavy atom. The van der Waals surface area contributed by atoms with Crippen molar-refractivity contribution < 1.29 is 42.1 Å². The summed E-state index contributed by atoms with van der Waals surface area (Å²) in [5.41, 5.74) is 0. The van der Waals surface area contributed by atoms with E-state index >= 15 is 0 Å². The lowest BCUT2D eigenvalue weighted by Crippen LogP contribution is -2.37. The van der Waals surface area contributed by atoms with Gasteiger partial charge in [0.25, 0.3) is 0 Å². The molecular formula is C82H143NO8P+. The maximum Gasteiger partial charge on any atom is 0.472 e. The van der Waals surface area contributed by atoms with Crippen LogP contribution in [0.3, 0.4) is 0 Å². The Morgan fingerprint density at radius 2 is 0.587 bits per heavy atom. The molecular weight excluding hydrogens is 1160 g/mol. The average molecular weight is 1300 g/mol. The van der Waals surface area contributed by atoms with E-state index in [1.54, 1.807) is 0 Å². The van der Waals surface area contributed by atoms with Gasteiger partial charge in [-0.1, -0.05) is 334 Å². The van der Waals surface area contributed by atoms with Gasteiger partial charge in [-0.15, -0.1) is 0 Å². The number of hydrogen-bond acceptors (Lipinski definition) is 7. The van der Waals surface area contributed by atoms with Crippen molar-refractivity contribution in [1.29, 1.82) is 0 Å². The molecule has 10 heteroatoms. The number of phosphoric acid groups is 1. The zero-order valence-electron chi connectivity index (χ0n) is 60.2. The Bertz CT molecular complexity index is 2020. The fourth-order valence-corrected chi connectivity index (χ4v) is 11.2. The van der Waals surface area contributed by atoms with Crippen LogP contribution in [0.25, 0.3) is 0 Å². The van der Waals surface area contributed by atoms with Crippen molar-refractivity contribution in [3.8, 4) is 0 Å². The standard InChI is InChI=1S/C82H142NO8P/c1-6-8-10-12-14-16-18-20-22-24-26-28-30-32-34-36-37-38-39-40-41-42-43-44-45-47-49-51-53-55-57-59-61-63-65-67-69-71-73-75-82(85)91-80(79-90-92(86,87)89-77-76-83(3,4)5)78-88-81(84)74-72-70-68-66-64-62-60-58-56-54-52-50-48-46-35-33-31-29-27-25-23-21-19-17-15-13-11-9-7-2/h8-11,14-17,20-23,26-29,32-35,37-38,80H,6-7,12-13,18-19,24-25,30-31,36,39-79H2,1-5H3/p+1/b10-8-,11-9-,16-14-,17-15-,22-20-,23-21-,28-26-,29-27-,34-32-,35-33-,38-37-. The number of hydrogen-bond donors (Lipinski definition) is 1. The van der Waals surface area contributed by atoms with E-state index in [0.29, 0.717) is 17.4 Å². The molecule has 0 saturated carbocycles. The Balaban J connectivity index is 3.99. The zero-order valence-corrected chi connectivity index (χ0v) is 61.1. The van der Waals surface area contributed by atoms with Crippen molar-refractivity contribution in [2.24, 2.45) is 0 Å². The van der Waals surface area contributed by atoms with E-state index in [9.17, 15) is 19.0 Å². The summed E-state index contributed by atoms with van der Waals surface area (Å²) in [5, 5.41) is 0. The molecule has 2 atom stereocenters. The van der Waals surface area contributed by atoms with Gasteiger partial charge in [0.1, 0.15) is 19.8 Å². The van der Waals surface area contributed by atoms with E-state index in [1.807, 2.05) is 21.1 Å². The highest BCUT2D eigenvalue weighted by Crippen LogP contribution is 2.43. The van der Waals surface area contributed by atoms with E-state index < -0.39 is 26.5 Å². The fraction of sp³-hybridized carbons (Fsp3) is 0.707. The summed E-state index contributed by atoms with van der Waals surface area (Å²) in [4.78, 5) is 36.0. The molecule has 0 radical (unpaired) electrons. The van der Waals surface area contributed by atoms with Crippen molar-refractivity contribution in [2.45, 2.75) is 328 Å². The van der Waals surface area contributed by atoms with Crippen molar-refractivity contribution in [3.05, 3.63) is 134 Å². The monoisotopic (exact) mass is 1300 g/mol. The molecule has 0 aromatic heterocycles. The number of phosphoric ester groups is 1. The van der Waals surface area contributed by atoms with Gasteiger partial charge < -0.3 is 18.9 Å². The number of ether oxygens (including phenoxy) is 2. The van der Waals surface area contributed by atoms with Crippen molar-refractivity contribution >= 4 is 19.8 Å². The van der Waals surface area contributed by atoms with E-state index in [4.69, 9.17) is 18.5 Å². The van der Waals surface area contributed by atoms with Crippen molar-refractivity contribution in [1.82, 2.24) is 0 Å². The molecule has 0 bridgehead atoms. The lowest BCUT2D eigenvalue weighted by Gasteiger charge is -2.24. The quantitative estimate of drug-likeness (QED) is 0.0211. The second kappa shape index (κ2) is 71.4. The molecule has 0 saturated heterocycles. The smallest absolute Gasteiger partial charge is 0.462 e. The minimum Gasteiger partial charge on any atom is -0.462 e. The highest BCUT2D eigenvalue weighted by Gasteiger charge is 2.27. The second-order valence-corrected chi connectivity index (χ2v) is 27.7. The van der Waals surface area contributed by atoms with Crippen LogP contribution in [0.2, 0.25) is 0 Å². The molecule has 9 nitrogen and oxygen atoms in total. The Kier molecular flexibility index (Phi) is 68.5. The number of esters is 2. The molecule has 528 valence electrons. The number of allylic oxidation sites excluding steroid dienone is 22. The molecule has 0 aromatic rings. The number of rotatable bonds is 69. The summed E-state index contributed by atoms with van der Waals surface area (Å²) in [6, 6.07) is 0. The third-order valence-corrected chi connectivity index (χ3v) is 17.2. The van der Waals surface area contributed by atoms with Gasteiger partial charge in [-0.05, 0) is 109 Å². The Labute approximate surface area is 568 Å². The van der Waals surface area contributed by atoms with Crippen LogP contribution >= 0.6 is 7.82 Å². The Morgan fingerprint density at radius 1 is 0.337 bits per heavy atom. The van der Waals surface area contributed by atoms with Crippen LogP contribution in [0.15, 0.2) is 134 Å². The molecule has 0 rings (SSSR count). The molecule has 0 amide bonds. The summed E-state index contributed by atoms with van der Waals surface area (Å²) in [6.07, 6.45) is 104. The number of carbonyl (C=O) groups excluding carboxylic acids is 2. The van der Waals surface area contributed by atoms with Crippen LogP contribution in [0.1, 0.15) is 322 Å². The lowest BCUT2D eigenvalue weighted by molar-refractivity contribution is -0.870. The molecule has 0 spiro atoms. The van der Waals surface area contributed by atoms with Crippen LogP contribution < -0.4 is 0 Å². The average Bonchev–Trinajstić information content (AvgIpc) is 2.14. The van der Waals surface area contributed by atoms with Crippen LogP contribution in [0.5, 0.6) is 0 Å². The van der Waals surface area contributed by atoms with Crippen molar-refractivity contribution in [3.63, 3.8) is 0 Å². The molecule has 0 aromatic carbocycles. The van der Waals surface area contributed by atoms with E-state index in [1.165, 1.54) is 186 Å². The number of nitrogens with zero attached hydrogens (tertiary/aromatic N) is 1. The molecule has 1 N–H and O–H groups in total. The fourth-order valence-electron chi connectivity index (χ4n) is 10.5. The maximum absolute atomic E-state index is 12.9. The largest absolute Gasteiger partial charge is 0.472 e. The predicted molar refractivity (Wildman–Crippen MR) is 399 cm³/mol. The summed E-state index contributed by atoms with van der Waals surface area (Å²) in [7, 11) is 1.48. The zero-order chi connectivity index (χ0) is 66.9. The first kappa shape index (κ1) is 88.2. The van der Waals surface area contributed by atoms with E-state index in [-0.39, 0.29) is 32.0 Å². The van der Waals surface area contributed by atoms with Gasteiger partial charge in [0.05, 0.1) is 27.7 Å². The first-order chi connectivity index (χ1) is 45.0. The summed E-state index contributed by atoms with van der Waals surface area (Å²) >= 11 is 0. The van der Waals surface area contributed by atoms with Crippen molar-refractivity contribution in [2.75, 3.05) is 47.5 Å². The van der Waals surface area contributed by atoms with Crippen LogP contribution in [0, 0.1) is 0 Å². The second-order valence-electron chi connectivity index (χ2n) is 26.3. The maximum atomic E-state index is 12.9. The summed E-state index contributed by atoms with van der Waals surface area (Å²) in [6.45, 7) is 4.23. The topological polar surface area (TPSA) is 108 Å². The van der Waals surface area contributed by atoms with Gasteiger partial charge in [-0.25, -0.2) is 4.57 Å². The molecule has 92 heavy (non-hydrogen) atoms. The predicted octanol–water partition coefficient (Wildman–Crippen LogP) is 25.2. The normalized spacial score (nSPS) is 13.8. The molecule has 0 fully saturated rings. The number of carbonyl (C=O) groups is 2. The molecule has 0 aliphatic heterocycles. The molecule has 0 aliphatic carbocycles. The number of quaternary nitrogens is 1. The molecule has 0 aliphatic rings. The molecule has 0 heterocycles. The minimum atomic E-state index is -4.40. The lowest BCUT2D eigenvalue weighted by atomic mass is 10.0.